The van der Waals surface area contributed by atoms with E-state index in [9.17, 15) is 9.11 Å². The Bertz CT molecular complexity index is 727. The summed E-state index contributed by atoms with van der Waals surface area (Å²) in [4.78, 5) is 13.1. The van der Waals surface area contributed by atoms with Crippen molar-refractivity contribution in [2.45, 2.75) is 5.41 Å². The normalized spacial score (nSPS) is 11.0. The zero-order valence-corrected chi connectivity index (χ0v) is 13.4. The van der Waals surface area contributed by atoms with E-state index in [1.165, 1.54) is 0 Å². The molecule has 0 amide bonds. The molecule has 3 nitrogen and oxygen atoms in total. The van der Waals surface area contributed by atoms with Crippen molar-refractivity contribution in [1.82, 2.24) is 0 Å². The van der Waals surface area contributed by atoms with E-state index in [4.69, 9.17) is 5.02 Å². The van der Waals surface area contributed by atoms with Crippen LogP contribution >= 0.6 is 0 Å². The Kier molecular flexibility index (Phi) is 4.96. The maximum absolute atomic E-state index is 13.1. The summed E-state index contributed by atoms with van der Waals surface area (Å²) in [6.45, 7) is 0. The van der Waals surface area contributed by atoms with Crippen molar-refractivity contribution in [3.8, 4) is 0 Å². The van der Waals surface area contributed by atoms with Gasteiger partial charge in [0.1, 0.15) is 5.41 Å². The fourth-order valence-electron chi connectivity index (χ4n) is 3.09. The number of hydrogen-bond acceptors (Lipinski definition) is 3. The van der Waals surface area contributed by atoms with Gasteiger partial charge in [0.2, 0.25) is 0 Å². The van der Waals surface area contributed by atoms with Gasteiger partial charge in [0.05, 0.1) is 0 Å². The summed E-state index contributed by atoms with van der Waals surface area (Å²) in [6.07, 6.45) is 0. The van der Waals surface area contributed by atoms with Crippen LogP contribution in [0.5, 0.6) is 0 Å². The molecule has 0 atom stereocenters. The van der Waals surface area contributed by atoms with Gasteiger partial charge in [-0.3, -0.25) is 4.79 Å². The van der Waals surface area contributed by atoms with Gasteiger partial charge in [-0.2, -0.15) is 0 Å². The first kappa shape index (κ1) is 16.9. The van der Waals surface area contributed by atoms with Crippen LogP contribution < -0.4 is 0 Å². The molecule has 0 saturated carbocycles. The highest BCUT2D eigenvalue weighted by molar-refractivity contribution is 6.37. The summed E-state index contributed by atoms with van der Waals surface area (Å²) in [5.41, 5.74) is 0.478. The molecule has 0 aromatic heterocycles. The number of carbonyl (C=O) groups is 1. The van der Waals surface area contributed by atoms with Gasteiger partial charge in [0, 0.05) is 0 Å². The summed E-state index contributed by atoms with van der Waals surface area (Å²) in [5, 5.41) is 9.02. The quantitative estimate of drug-likeness (QED) is 0.574. The maximum atomic E-state index is 13.1. The van der Waals surface area contributed by atoms with Gasteiger partial charge in [-0.15, -0.1) is 0 Å². The van der Waals surface area contributed by atoms with Crippen molar-refractivity contribution in [2.24, 2.45) is 0 Å². The molecule has 0 bridgehead atoms. The van der Waals surface area contributed by atoms with Gasteiger partial charge in [0.15, 0.2) is 0 Å². The second kappa shape index (κ2) is 7.32. The summed E-state index contributed by atoms with van der Waals surface area (Å²) < 4.78 is 17.8. The molecule has 0 aliphatic carbocycles. The standard InChI is InChI=1S/C20H16BFO3/c22-21(24)25-19(23)20(16-10-4-1-5-11-16,17-12-6-2-7-13-17)18-14-8-3-9-15-18/h1-15,24H. The molecule has 25 heavy (non-hydrogen) atoms. The molecular weight excluding hydrogens is 318 g/mol. The summed E-state index contributed by atoms with van der Waals surface area (Å²) in [7, 11) is -2.69. The van der Waals surface area contributed by atoms with Crippen LogP contribution in [-0.2, 0) is 14.9 Å². The van der Waals surface area contributed by atoms with E-state index in [2.05, 4.69) is 4.65 Å². The first-order chi connectivity index (χ1) is 12.2. The highest BCUT2D eigenvalue weighted by atomic mass is 19.1. The topological polar surface area (TPSA) is 46.5 Å². The maximum Gasteiger partial charge on any atom is 0.753 e. The Balaban J connectivity index is 2.34. The lowest BCUT2D eigenvalue weighted by atomic mass is 9.69. The number of rotatable bonds is 5. The molecule has 0 aliphatic rings. The lowest BCUT2D eigenvalue weighted by molar-refractivity contribution is -0.140. The van der Waals surface area contributed by atoms with Crippen LogP contribution in [0.1, 0.15) is 16.7 Å². The highest BCUT2D eigenvalue weighted by Gasteiger charge is 2.46. The van der Waals surface area contributed by atoms with Gasteiger partial charge in [-0.25, -0.2) is 4.32 Å². The third-order valence-electron chi connectivity index (χ3n) is 4.13. The summed E-state index contributed by atoms with van der Waals surface area (Å²) >= 11 is 0. The van der Waals surface area contributed by atoms with Crippen LogP contribution in [0.4, 0.5) is 4.32 Å². The molecule has 0 unspecified atom stereocenters. The molecule has 3 aromatic carbocycles. The Morgan fingerprint density at radius 1 is 0.760 bits per heavy atom. The van der Waals surface area contributed by atoms with Crippen LogP contribution in [0.15, 0.2) is 91.0 Å². The van der Waals surface area contributed by atoms with E-state index >= 15 is 0 Å². The van der Waals surface area contributed by atoms with Crippen LogP contribution in [-0.4, -0.2) is 18.4 Å². The Labute approximate surface area is 145 Å². The SMILES string of the molecule is O=C(OB(O)F)C(c1ccccc1)(c1ccccc1)c1ccccc1. The van der Waals surface area contributed by atoms with Crippen molar-refractivity contribution < 1.29 is 18.8 Å². The van der Waals surface area contributed by atoms with Gasteiger partial charge >= 0.3 is 13.4 Å². The molecule has 0 spiro atoms. The second-order valence-corrected chi connectivity index (χ2v) is 5.55. The minimum atomic E-state index is -2.69. The van der Waals surface area contributed by atoms with Crippen LogP contribution in [0.2, 0.25) is 0 Å². The number of carbonyl (C=O) groups excluding carboxylic acids is 1. The fraction of sp³-hybridized carbons (Fsp3) is 0.0500. The second-order valence-electron chi connectivity index (χ2n) is 5.55. The Morgan fingerprint density at radius 2 is 1.08 bits per heavy atom. The van der Waals surface area contributed by atoms with E-state index < -0.39 is 18.8 Å². The van der Waals surface area contributed by atoms with E-state index in [0.29, 0.717) is 16.7 Å². The zero-order valence-electron chi connectivity index (χ0n) is 13.4. The molecule has 3 aromatic rings. The van der Waals surface area contributed by atoms with Gasteiger partial charge in [-0.1, -0.05) is 91.0 Å². The van der Waals surface area contributed by atoms with Crippen molar-refractivity contribution in [2.75, 3.05) is 0 Å². The number of benzene rings is 3. The van der Waals surface area contributed by atoms with Crippen LogP contribution in [0.25, 0.3) is 0 Å². The lowest BCUT2D eigenvalue weighted by Crippen LogP contribution is -2.42. The van der Waals surface area contributed by atoms with Crippen molar-refractivity contribution in [1.29, 1.82) is 0 Å². The smallest absolute Gasteiger partial charge is 0.480 e. The van der Waals surface area contributed by atoms with Crippen molar-refractivity contribution >= 4 is 13.4 Å². The number of halogens is 1. The molecule has 0 heterocycles. The van der Waals surface area contributed by atoms with Gasteiger partial charge < -0.3 is 9.68 Å². The minimum Gasteiger partial charge on any atom is -0.480 e. The fourth-order valence-corrected chi connectivity index (χ4v) is 3.09. The van der Waals surface area contributed by atoms with E-state index in [-0.39, 0.29) is 0 Å². The first-order valence-electron chi connectivity index (χ1n) is 7.85. The molecular formula is C20H16BFO3. The predicted molar refractivity (Wildman–Crippen MR) is 94.4 cm³/mol. The van der Waals surface area contributed by atoms with E-state index in [1.807, 2.05) is 18.2 Å². The van der Waals surface area contributed by atoms with Crippen molar-refractivity contribution in [3.63, 3.8) is 0 Å². The zero-order chi connectivity index (χ0) is 17.7. The average molecular weight is 334 g/mol. The first-order valence-corrected chi connectivity index (χ1v) is 7.85. The third-order valence-corrected chi connectivity index (χ3v) is 4.13. The molecule has 0 fully saturated rings. The van der Waals surface area contributed by atoms with Gasteiger partial charge in [-0.05, 0) is 16.7 Å². The Hall–Kier alpha value is -2.92. The molecule has 1 N–H and O–H groups in total. The molecule has 5 heteroatoms. The largest absolute Gasteiger partial charge is 0.753 e. The van der Waals surface area contributed by atoms with E-state index in [1.54, 1.807) is 72.8 Å². The predicted octanol–water partition coefficient (Wildman–Crippen LogP) is 3.51. The Morgan fingerprint density at radius 3 is 1.36 bits per heavy atom. The average Bonchev–Trinajstić information content (AvgIpc) is 2.64. The molecule has 0 radical (unpaired) electrons. The van der Waals surface area contributed by atoms with Gasteiger partial charge in [0.25, 0.3) is 0 Å². The highest BCUT2D eigenvalue weighted by Crippen LogP contribution is 2.40. The van der Waals surface area contributed by atoms with Crippen LogP contribution in [0.3, 0.4) is 0 Å². The molecule has 3 rings (SSSR count). The monoisotopic (exact) mass is 334 g/mol. The number of hydrogen-bond donors (Lipinski definition) is 1. The van der Waals surface area contributed by atoms with E-state index in [0.717, 1.165) is 0 Å². The molecule has 0 saturated heterocycles. The summed E-state index contributed by atoms with van der Waals surface area (Å²) in [5.74, 6) is -0.883. The van der Waals surface area contributed by atoms with Crippen LogP contribution in [0, 0.1) is 0 Å². The molecule has 0 aliphatic heterocycles. The van der Waals surface area contributed by atoms with Crippen molar-refractivity contribution in [3.05, 3.63) is 108 Å². The summed E-state index contributed by atoms with van der Waals surface area (Å²) in [6, 6.07) is 27.0. The molecule has 124 valence electrons. The third kappa shape index (κ3) is 3.19. The lowest BCUT2D eigenvalue weighted by Gasteiger charge is -2.33. The minimum absolute atomic E-state index is 0.623.